The number of halogens is 2. The van der Waals surface area contributed by atoms with Crippen LogP contribution in [-0.4, -0.2) is 24.0 Å². The molecule has 5 nitrogen and oxygen atoms in total. The Labute approximate surface area is 137 Å². The van der Waals surface area contributed by atoms with Crippen LogP contribution in [0.25, 0.3) is 0 Å². The standard InChI is InChI=1S/C15H12Cl2N2O3/c1-19(9-5-7-10(20)8-6-9)15(22)14(21)18-13-11(16)3-2-4-12(13)17/h2-8,20H,1H3,(H,18,21). The topological polar surface area (TPSA) is 69.6 Å². The summed E-state index contributed by atoms with van der Waals surface area (Å²) in [6, 6.07) is 10.6. The second kappa shape index (κ2) is 6.68. The third-order valence-electron chi connectivity index (χ3n) is 2.94. The zero-order chi connectivity index (χ0) is 16.3. The van der Waals surface area contributed by atoms with Crippen LogP contribution in [0.1, 0.15) is 0 Å². The van der Waals surface area contributed by atoms with Crippen LogP contribution in [0.15, 0.2) is 42.5 Å². The molecule has 0 aliphatic rings. The van der Waals surface area contributed by atoms with E-state index < -0.39 is 11.8 Å². The lowest BCUT2D eigenvalue weighted by Gasteiger charge is -2.17. The van der Waals surface area contributed by atoms with Crippen molar-refractivity contribution in [1.82, 2.24) is 0 Å². The molecule has 0 aliphatic heterocycles. The Bertz CT molecular complexity index is 697. The Morgan fingerprint density at radius 2 is 1.59 bits per heavy atom. The summed E-state index contributed by atoms with van der Waals surface area (Å²) in [5, 5.41) is 12.1. The minimum absolute atomic E-state index is 0.0666. The van der Waals surface area contributed by atoms with Crippen molar-refractivity contribution in [3.05, 3.63) is 52.5 Å². The Balaban J connectivity index is 2.15. The molecule has 0 atom stereocenters. The molecule has 0 bridgehead atoms. The first-order valence-corrected chi connectivity index (χ1v) is 6.98. The molecule has 0 spiro atoms. The fourth-order valence-corrected chi connectivity index (χ4v) is 2.22. The number of rotatable bonds is 2. The van der Waals surface area contributed by atoms with Crippen LogP contribution in [-0.2, 0) is 9.59 Å². The molecule has 0 saturated heterocycles. The zero-order valence-electron chi connectivity index (χ0n) is 11.5. The minimum atomic E-state index is -0.870. The summed E-state index contributed by atoms with van der Waals surface area (Å²) < 4.78 is 0. The highest BCUT2D eigenvalue weighted by molar-refractivity contribution is 6.47. The molecule has 0 unspecified atom stereocenters. The lowest BCUT2D eigenvalue weighted by molar-refractivity contribution is -0.134. The average Bonchev–Trinajstić information content (AvgIpc) is 2.50. The first-order valence-electron chi connectivity index (χ1n) is 6.22. The van der Waals surface area contributed by atoms with E-state index in [0.29, 0.717) is 5.69 Å². The monoisotopic (exact) mass is 338 g/mol. The maximum atomic E-state index is 12.1. The van der Waals surface area contributed by atoms with Crippen molar-refractivity contribution in [3.8, 4) is 5.75 Å². The van der Waals surface area contributed by atoms with Gasteiger partial charge in [0, 0.05) is 12.7 Å². The molecule has 0 heterocycles. The minimum Gasteiger partial charge on any atom is -0.508 e. The summed E-state index contributed by atoms with van der Waals surface area (Å²) in [7, 11) is 1.45. The first-order chi connectivity index (χ1) is 10.4. The van der Waals surface area contributed by atoms with Gasteiger partial charge in [-0.05, 0) is 36.4 Å². The van der Waals surface area contributed by atoms with E-state index in [0.717, 1.165) is 4.90 Å². The van der Waals surface area contributed by atoms with Crippen molar-refractivity contribution in [2.75, 3.05) is 17.3 Å². The quantitative estimate of drug-likeness (QED) is 0.825. The molecule has 114 valence electrons. The number of hydrogen-bond donors (Lipinski definition) is 2. The number of benzene rings is 2. The molecule has 0 radical (unpaired) electrons. The van der Waals surface area contributed by atoms with Gasteiger partial charge in [-0.2, -0.15) is 0 Å². The summed E-state index contributed by atoms with van der Waals surface area (Å²) in [5.41, 5.74) is 0.645. The van der Waals surface area contributed by atoms with Crippen LogP contribution in [0.2, 0.25) is 10.0 Å². The number of para-hydroxylation sites is 1. The van der Waals surface area contributed by atoms with Gasteiger partial charge in [0.05, 0.1) is 15.7 Å². The number of phenolic OH excluding ortho intramolecular Hbond substituents is 1. The molecule has 2 aromatic rings. The Kier molecular flexibility index (Phi) is 4.90. The summed E-state index contributed by atoms with van der Waals surface area (Å²) in [6.45, 7) is 0. The number of hydrogen-bond acceptors (Lipinski definition) is 3. The number of carbonyl (C=O) groups excluding carboxylic acids is 2. The molecule has 2 N–H and O–H groups in total. The summed E-state index contributed by atoms with van der Waals surface area (Å²) in [5.74, 6) is -1.59. The van der Waals surface area contributed by atoms with Crippen LogP contribution in [0, 0.1) is 0 Å². The van der Waals surface area contributed by atoms with Gasteiger partial charge in [-0.25, -0.2) is 0 Å². The van der Waals surface area contributed by atoms with Gasteiger partial charge in [-0.1, -0.05) is 29.3 Å². The molecular formula is C15H12Cl2N2O3. The van der Waals surface area contributed by atoms with Crippen molar-refractivity contribution in [2.45, 2.75) is 0 Å². The molecule has 22 heavy (non-hydrogen) atoms. The van der Waals surface area contributed by atoms with Crippen LogP contribution in [0.4, 0.5) is 11.4 Å². The Morgan fingerprint density at radius 3 is 2.14 bits per heavy atom. The van der Waals surface area contributed by atoms with E-state index in [1.54, 1.807) is 18.2 Å². The van der Waals surface area contributed by atoms with Crippen LogP contribution >= 0.6 is 23.2 Å². The fourth-order valence-electron chi connectivity index (χ4n) is 1.73. The maximum absolute atomic E-state index is 12.1. The number of carbonyl (C=O) groups is 2. The molecule has 0 aromatic heterocycles. The number of anilines is 2. The van der Waals surface area contributed by atoms with Gasteiger partial charge < -0.3 is 15.3 Å². The van der Waals surface area contributed by atoms with Crippen LogP contribution in [0.5, 0.6) is 5.75 Å². The number of amides is 2. The van der Waals surface area contributed by atoms with E-state index in [1.807, 2.05) is 0 Å². The van der Waals surface area contributed by atoms with Crippen molar-refractivity contribution in [1.29, 1.82) is 0 Å². The second-order valence-electron chi connectivity index (χ2n) is 4.43. The van der Waals surface area contributed by atoms with Crippen molar-refractivity contribution < 1.29 is 14.7 Å². The van der Waals surface area contributed by atoms with Crippen molar-refractivity contribution in [2.24, 2.45) is 0 Å². The highest BCUT2D eigenvalue weighted by Crippen LogP contribution is 2.29. The van der Waals surface area contributed by atoms with E-state index in [4.69, 9.17) is 23.2 Å². The van der Waals surface area contributed by atoms with E-state index in [-0.39, 0.29) is 21.5 Å². The van der Waals surface area contributed by atoms with E-state index in [2.05, 4.69) is 5.32 Å². The van der Waals surface area contributed by atoms with E-state index >= 15 is 0 Å². The SMILES string of the molecule is CN(C(=O)C(=O)Nc1c(Cl)cccc1Cl)c1ccc(O)cc1. The highest BCUT2D eigenvalue weighted by Gasteiger charge is 2.21. The van der Waals surface area contributed by atoms with Gasteiger partial charge in [0.1, 0.15) is 5.75 Å². The predicted octanol–water partition coefficient (Wildman–Crippen LogP) is 3.30. The average molecular weight is 339 g/mol. The van der Waals surface area contributed by atoms with Crippen molar-refractivity contribution in [3.63, 3.8) is 0 Å². The van der Waals surface area contributed by atoms with Crippen LogP contribution < -0.4 is 10.2 Å². The zero-order valence-corrected chi connectivity index (χ0v) is 13.0. The molecule has 0 saturated carbocycles. The summed E-state index contributed by atoms with van der Waals surface area (Å²) in [4.78, 5) is 25.3. The number of nitrogens with one attached hydrogen (secondary N) is 1. The first kappa shape index (κ1) is 16.1. The van der Waals surface area contributed by atoms with Crippen LogP contribution in [0.3, 0.4) is 0 Å². The predicted molar refractivity (Wildman–Crippen MR) is 86.6 cm³/mol. The molecule has 7 heteroatoms. The number of aromatic hydroxyl groups is 1. The van der Waals surface area contributed by atoms with Gasteiger partial charge in [0.25, 0.3) is 0 Å². The normalized spacial score (nSPS) is 10.1. The highest BCUT2D eigenvalue weighted by atomic mass is 35.5. The number of phenols is 1. The smallest absolute Gasteiger partial charge is 0.316 e. The number of nitrogens with zero attached hydrogens (tertiary/aromatic N) is 1. The molecule has 2 rings (SSSR count). The van der Waals surface area contributed by atoms with E-state index in [9.17, 15) is 14.7 Å². The molecular weight excluding hydrogens is 327 g/mol. The van der Waals surface area contributed by atoms with Gasteiger partial charge >= 0.3 is 11.8 Å². The molecule has 2 amide bonds. The third kappa shape index (κ3) is 3.50. The Hall–Kier alpha value is -2.24. The third-order valence-corrected chi connectivity index (χ3v) is 3.57. The second-order valence-corrected chi connectivity index (χ2v) is 5.25. The summed E-state index contributed by atoms with van der Waals surface area (Å²) >= 11 is 11.9. The lowest BCUT2D eigenvalue weighted by atomic mass is 10.2. The van der Waals surface area contributed by atoms with Gasteiger partial charge in [-0.3, -0.25) is 9.59 Å². The van der Waals surface area contributed by atoms with E-state index in [1.165, 1.54) is 31.3 Å². The molecule has 0 aliphatic carbocycles. The Morgan fingerprint density at radius 1 is 1.05 bits per heavy atom. The van der Waals surface area contributed by atoms with Gasteiger partial charge in [0.2, 0.25) is 0 Å². The molecule has 2 aromatic carbocycles. The van der Waals surface area contributed by atoms with Gasteiger partial charge in [0.15, 0.2) is 0 Å². The van der Waals surface area contributed by atoms with Gasteiger partial charge in [-0.15, -0.1) is 0 Å². The lowest BCUT2D eigenvalue weighted by Crippen LogP contribution is -2.37. The molecule has 0 fully saturated rings. The fraction of sp³-hybridized carbons (Fsp3) is 0.0667. The summed E-state index contributed by atoms with van der Waals surface area (Å²) in [6.07, 6.45) is 0. The number of likely N-dealkylation sites (N-methyl/N-ethyl adjacent to an activating group) is 1. The van der Waals surface area contributed by atoms with Crippen molar-refractivity contribution >= 4 is 46.4 Å². The largest absolute Gasteiger partial charge is 0.508 e. The maximum Gasteiger partial charge on any atom is 0.316 e.